The number of nitrogens with zero attached hydrogens (tertiary/aromatic N) is 2. The number of rotatable bonds is 5. The van der Waals surface area contributed by atoms with Gasteiger partial charge in [0.25, 0.3) is 5.91 Å². The smallest absolute Gasteiger partial charge is 0.251 e. The van der Waals surface area contributed by atoms with E-state index in [0.717, 1.165) is 35.4 Å². The van der Waals surface area contributed by atoms with Crippen molar-refractivity contribution in [2.24, 2.45) is 5.92 Å². The number of hydrogen-bond donors (Lipinski definition) is 3. The molecule has 0 radical (unpaired) electrons. The zero-order valence-electron chi connectivity index (χ0n) is 18.8. The molecule has 2 atom stereocenters. The second-order valence-corrected chi connectivity index (χ2v) is 9.55. The highest BCUT2D eigenvalue weighted by molar-refractivity contribution is 5.95. The van der Waals surface area contributed by atoms with Crippen LogP contribution in [0.25, 0.3) is 5.65 Å². The molecule has 1 aliphatic carbocycles. The average Bonchev–Trinajstić information content (AvgIpc) is 3.38. The Morgan fingerprint density at radius 1 is 1.12 bits per heavy atom. The third-order valence-corrected chi connectivity index (χ3v) is 6.21. The normalized spacial score (nSPS) is 18.6. The van der Waals surface area contributed by atoms with Gasteiger partial charge in [-0.05, 0) is 42.7 Å². The minimum absolute atomic E-state index is 0.0835. The molecule has 0 saturated heterocycles. The van der Waals surface area contributed by atoms with Gasteiger partial charge in [-0.25, -0.2) is 10.5 Å². The fourth-order valence-electron chi connectivity index (χ4n) is 4.56. The summed E-state index contributed by atoms with van der Waals surface area (Å²) >= 11 is 0. The summed E-state index contributed by atoms with van der Waals surface area (Å²) in [4.78, 5) is 29.4. The Hall–Kier alpha value is -3.19. The molecule has 1 aliphatic rings. The zero-order chi connectivity index (χ0) is 22.9. The average molecular weight is 435 g/mol. The van der Waals surface area contributed by atoms with Gasteiger partial charge in [-0.3, -0.25) is 14.8 Å². The van der Waals surface area contributed by atoms with Crippen LogP contribution in [0.2, 0.25) is 0 Å². The number of aromatic nitrogens is 2. The van der Waals surface area contributed by atoms with Crippen molar-refractivity contribution in [1.29, 1.82) is 0 Å². The quantitative estimate of drug-likeness (QED) is 0.422. The van der Waals surface area contributed by atoms with Crippen LogP contribution in [0.15, 0.2) is 48.7 Å². The lowest BCUT2D eigenvalue weighted by Crippen LogP contribution is -2.43. The van der Waals surface area contributed by atoms with Crippen LogP contribution in [0.4, 0.5) is 0 Å². The highest BCUT2D eigenvalue weighted by Crippen LogP contribution is 2.28. The summed E-state index contributed by atoms with van der Waals surface area (Å²) < 4.78 is 2.13. The fourth-order valence-corrected chi connectivity index (χ4v) is 4.56. The monoisotopic (exact) mass is 434 g/mol. The van der Waals surface area contributed by atoms with Gasteiger partial charge in [0.15, 0.2) is 0 Å². The minimum Gasteiger partial charge on any atom is -0.349 e. The van der Waals surface area contributed by atoms with Gasteiger partial charge in [0.05, 0.1) is 17.3 Å². The van der Waals surface area contributed by atoms with E-state index in [4.69, 9.17) is 10.2 Å². The van der Waals surface area contributed by atoms with Crippen molar-refractivity contribution in [1.82, 2.24) is 20.2 Å². The molecule has 0 unspecified atom stereocenters. The molecule has 32 heavy (non-hydrogen) atoms. The summed E-state index contributed by atoms with van der Waals surface area (Å²) in [6, 6.07) is 13.3. The van der Waals surface area contributed by atoms with Crippen molar-refractivity contribution in [2.75, 3.05) is 0 Å². The molecule has 3 N–H and O–H groups in total. The maximum Gasteiger partial charge on any atom is 0.251 e. The molecule has 7 heteroatoms. The van der Waals surface area contributed by atoms with Crippen LogP contribution >= 0.6 is 0 Å². The first-order chi connectivity index (χ1) is 15.3. The van der Waals surface area contributed by atoms with Gasteiger partial charge in [-0.1, -0.05) is 45.4 Å². The molecule has 0 aliphatic heterocycles. The lowest BCUT2D eigenvalue weighted by atomic mass is 9.89. The van der Waals surface area contributed by atoms with Crippen molar-refractivity contribution in [3.05, 3.63) is 71.2 Å². The third-order valence-electron chi connectivity index (χ3n) is 6.21. The summed E-state index contributed by atoms with van der Waals surface area (Å²) in [6.45, 7) is 6.50. The van der Waals surface area contributed by atoms with Crippen LogP contribution in [0, 0.1) is 5.92 Å². The van der Waals surface area contributed by atoms with Crippen LogP contribution < -0.4 is 10.8 Å². The number of hydrogen-bond acceptors (Lipinski definition) is 4. The Bertz CT molecular complexity index is 1130. The van der Waals surface area contributed by atoms with Crippen LogP contribution in [0.5, 0.6) is 0 Å². The minimum atomic E-state index is -0.439. The first-order valence-electron chi connectivity index (χ1n) is 11.1. The molecule has 7 nitrogen and oxygen atoms in total. The molecule has 2 aromatic heterocycles. The van der Waals surface area contributed by atoms with Crippen LogP contribution in [-0.2, 0) is 16.6 Å². The molecule has 3 aromatic rings. The van der Waals surface area contributed by atoms with Gasteiger partial charge < -0.3 is 9.72 Å². The molecule has 1 fully saturated rings. The number of nitrogens with one attached hydrogen (secondary N) is 2. The van der Waals surface area contributed by atoms with E-state index in [9.17, 15) is 9.59 Å². The Kier molecular flexibility index (Phi) is 6.02. The Morgan fingerprint density at radius 3 is 2.56 bits per heavy atom. The van der Waals surface area contributed by atoms with Crippen molar-refractivity contribution in [3.8, 4) is 0 Å². The summed E-state index contributed by atoms with van der Waals surface area (Å²) in [5.74, 6) is -1.04. The van der Waals surface area contributed by atoms with E-state index in [1.165, 1.54) is 0 Å². The fraction of sp³-hybridized carbons (Fsp3) is 0.400. The molecule has 1 aromatic carbocycles. The second-order valence-electron chi connectivity index (χ2n) is 9.55. The highest BCUT2D eigenvalue weighted by Gasteiger charge is 2.34. The predicted molar refractivity (Wildman–Crippen MR) is 122 cm³/mol. The van der Waals surface area contributed by atoms with Gasteiger partial charge >= 0.3 is 0 Å². The number of carbonyl (C=O) groups is 2. The molecule has 2 amide bonds. The number of fused-ring (bicyclic) bond motifs is 1. The molecule has 2 heterocycles. The Morgan fingerprint density at radius 2 is 1.88 bits per heavy atom. The lowest BCUT2D eigenvalue weighted by Gasteiger charge is -2.19. The van der Waals surface area contributed by atoms with E-state index < -0.39 is 11.8 Å². The first-order valence-corrected chi connectivity index (χ1v) is 11.1. The Balaban J connectivity index is 1.51. The largest absolute Gasteiger partial charge is 0.349 e. The number of carbonyl (C=O) groups excluding carboxylic acids is 2. The van der Waals surface area contributed by atoms with E-state index in [2.05, 4.69) is 30.5 Å². The van der Waals surface area contributed by atoms with Crippen molar-refractivity contribution >= 4 is 17.5 Å². The summed E-state index contributed by atoms with van der Waals surface area (Å²) in [7, 11) is 0. The molecule has 1 saturated carbocycles. The Labute approximate surface area is 187 Å². The summed E-state index contributed by atoms with van der Waals surface area (Å²) in [6.07, 6.45) is 4.98. The predicted octanol–water partition coefficient (Wildman–Crippen LogP) is 3.63. The maximum atomic E-state index is 12.7. The summed E-state index contributed by atoms with van der Waals surface area (Å²) in [5.41, 5.74) is 6.42. The van der Waals surface area contributed by atoms with Crippen molar-refractivity contribution < 1.29 is 14.8 Å². The van der Waals surface area contributed by atoms with E-state index in [1.54, 1.807) is 5.48 Å². The standard InChI is InChI=1S/C25H30N4O3/c1-25(2,3)22-20(29-14-5-4-9-21(29)27-22)15-16-10-12-17(13-11-16)23(30)26-19-8-6-7-18(19)24(31)28-32/h4-5,9-14,18-19,32H,6-8,15H2,1-3H3,(H,26,30)(H,28,31)/t18-,19+/m0/s1. The number of imidazole rings is 1. The number of hydroxylamine groups is 1. The molecule has 4 rings (SSSR count). The van der Waals surface area contributed by atoms with Crippen molar-refractivity contribution in [3.63, 3.8) is 0 Å². The zero-order valence-corrected chi connectivity index (χ0v) is 18.8. The van der Waals surface area contributed by atoms with E-state index in [0.29, 0.717) is 18.4 Å². The van der Waals surface area contributed by atoms with Gasteiger partial charge in [0.1, 0.15) is 5.65 Å². The van der Waals surface area contributed by atoms with E-state index >= 15 is 0 Å². The van der Waals surface area contributed by atoms with Gasteiger partial charge in [0, 0.05) is 29.6 Å². The van der Waals surface area contributed by atoms with E-state index in [1.807, 2.05) is 48.7 Å². The molecule has 0 bridgehead atoms. The molecular weight excluding hydrogens is 404 g/mol. The van der Waals surface area contributed by atoms with Crippen LogP contribution in [-0.4, -0.2) is 32.4 Å². The highest BCUT2D eigenvalue weighted by atomic mass is 16.5. The van der Waals surface area contributed by atoms with Crippen LogP contribution in [0.3, 0.4) is 0 Å². The lowest BCUT2D eigenvalue weighted by molar-refractivity contribution is -0.133. The SMILES string of the molecule is CC(C)(C)c1nc2ccccn2c1Cc1ccc(C(=O)N[C@@H]2CCC[C@@H]2C(=O)NO)cc1. The second kappa shape index (κ2) is 8.74. The van der Waals surface area contributed by atoms with Crippen molar-refractivity contribution in [2.45, 2.75) is 57.9 Å². The van der Waals surface area contributed by atoms with E-state index in [-0.39, 0.29) is 17.4 Å². The maximum absolute atomic E-state index is 12.7. The molecular formula is C25H30N4O3. The van der Waals surface area contributed by atoms with Crippen LogP contribution in [0.1, 0.15) is 67.3 Å². The van der Waals surface area contributed by atoms with Gasteiger partial charge in [-0.15, -0.1) is 0 Å². The topological polar surface area (TPSA) is 95.7 Å². The van der Waals surface area contributed by atoms with Gasteiger partial charge in [0.2, 0.25) is 5.91 Å². The molecule has 0 spiro atoms. The van der Waals surface area contributed by atoms with Gasteiger partial charge in [-0.2, -0.15) is 0 Å². The first kappa shape index (κ1) is 22.0. The number of amides is 2. The summed E-state index contributed by atoms with van der Waals surface area (Å²) in [5, 5.41) is 11.9. The number of pyridine rings is 1. The third kappa shape index (κ3) is 4.39. The molecule has 168 valence electrons. The number of benzene rings is 1.